The number of aryl methyl sites for hydroxylation is 1. The molecule has 0 saturated carbocycles. The highest BCUT2D eigenvalue weighted by atomic mass is 79.9. The highest BCUT2D eigenvalue weighted by Gasteiger charge is 2.13. The van der Waals surface area contributed by atoms with E-state index in [0.717, 1.165) is 20.9 Å². The van der Waals surface area contributed by atoms with E-state index in [9.17, 15) is 10.1 Å². The van der Waals surface area contributed by atoms with E-state index in [1.807, 2.05) is 42.6 Å². The molecule has 1 amide bonds. The number of nitriles is 1. The number of para-hydroxylation sites is 1. The van der Waals surface area contributed by atoms with Crippen LogP contribution in [0.5, 0.6) is 0 Å². The van der Waals surface area contributed by atoms with E-state index in [1.54, 1.807) is 18.2 Å². The van der Waals surface area contributed by atoms with Gasteiger partial charge in [-0.15, -0.1) is 0 Å². The third kappa shape index (κ3) is 4.76. The summed E-state index contributed by atoms with van der Waals surface area (Å²) in [6, 6.07) is 25.7. The van der Waals surface area contributed by atoms with E-state index >= 15 is 0 Å². The molecule has 152 valence electrons. The Kier molecular flexibility index (Phi) is 6.01. The van der Waals surface area contributed by atoms with Gasteiger partial charge in [0.2, 0.25) is 0 Å². The van der Waals surface area contributed by atoms with Crippen LogP contribution in [0, 0.1) is 18.3 Å². The first-order chi connectivity index (χ1) is 15.0. The van der Waals surface area contributed by atoms with Gasteiger partial charge in [-0.05, 0) is 42.8 Å². The van der Waals surface area contributed by atoms with Gasteiger partial charge in [-0.3, -0.25) is 4.79 Å². The minimum absolute atomic E-state index is 0.0541. The first-order valence-corrected chi connectivity index (χ1v) is 10.6. The molecule has 0 aliphatic carbocycles. The van der Waals surface area contributed by atoms with Crippen molar-refractivity contribution in [3.8, 4) is 6.07 Å². The van der Waals surface area contributed by atoms with Crippen molar-refractivity contribution in [2.24, 2.45) is 0 Å². The van der Waals surface area contributed by atoms with Crippen molar-refractivity contribution in [1.29, 1.82) is 5.26 Å². The molecule has 0 bridgehead atoms. The van der Waals surface area contributed by atoms with Gasteiger partial charge in [0.25, 0.3) is 5.91 Å². The summed E-state index contributed by atoms with van der Waals surface area (Å²) in [5.41, 5.74) is 4.99. The molecular formula is C26H20BrN3O. The molecule has 0 aliphatic heterocycles. The fourth-order valence-electron chi connectivity index (χ4n) is 3.60. The second-order valence-corrected chi connectivity index (χ2v) is 8.27. The van der Waals surface area contributed by atoms with Gasteiger partial charge in [-0.2, -0.15) is 5.26 Å². The lowest BCUT2D eigenvalue weighted by Gasteiger charge is -2.06. The number of anilines is 1. The van der Waals surface area contributed by atoms with E-state index in [2.05, 4.69) is 63.1 Å². The number of fused-ring (bicyclic) bond motifs is 1. The third-order valence-corrected chi connectivity index (χ3v) is 5.50. The van der Waals surface area contributed by atoms with Crippen LogP contribution < -0.4 is 5.32 Å². The summed E-state index contributed by atoms with van der Waals surface area (Å²) in [7, 11) is 0. The molecular weight excluding hydrogens is 450 g/mol. The number of carbonyl (C=O) groups excluding carboxylic acids is 1. The first kappa shape index (κ1) is 20.6. The Labute approximate surface area is 189 Å². The van der Waals surface area contributed by atoms with E-state index in [1.165, 1.54) is 11.1 Å². The quantitative estimate of drug-likeness (QED) is 0.275. The minimum Gasteiger partial charge on any atom is -0.342 e. The standard InChI is InChI=1S/C26H20BrN3O/c1-18-6-4-7-19(12-18)16-30-17-21(24-10-2-3-11-25(24)30)13-20(15-28)26(31)29-23-9-5-8-22(27)14-23/h2-14,17H,16H2,1H3,(H,29,31)/b20-13-. The molecule has 0 radical (unpaired) electrons. The lowest BCUT2D eigenvalue weighted by molar-refractivity contribution is -0.112. The number of hydrogen-bond acceptors (Lipinski definition) is 2. The molecule has 0 fully saturated rings. The largest absolute Gasteiger partial charge is 0.342 e. The number of carbonyl (C=O) groups is 1. The summed E-state index contributed by atoms with van der Waals surface area (Å²) in [4.78, 5) is 12.7. The number of aromatic nitrogens is 1. The highest BCUT2D eigenvalue weighted by molar-refractivity contribution is 9.10. The summed E-state index contributed by atoms with van der Waals surface area (Å²) in [5, 5.41) is 13.4. The minimum atomic E-state index is -0.434. The summed E-state index contributed by atoms with van der Waals surface area (Å²) in [6.07, 6.45) is 3.65. The van der Waals surface area contributed by atoms with Crippen LogP contribution in [0.1, 0.15) is 16.7 Å². The number of nitrogens with one attached hydrogen (secondary N) is 1. The summed E-state index contributed by atoms with van der Waals surface area (Å²) in [6.45, 7) is 2.79. The van der Waals surface area contributed by atoms with Gasteiger partial charge in [-0.25, -0.2) is 0 Å². The van der Waals surface area contributed by atoms with E-state index < -0.39 is 5.91 Å². The summed E-state index contributed by atoms with van der Waals surface area (Å²) >= 11 is 3.39. The number of nitrogens with zero attached hydrogens (tertiary/aromatic N) is 2. The van der Waals surface area contributed by atoms with Crippen LogP contribution in [-0.2, 0) is 11.3 Å². The first-order valence-electron chi connectivity index (χ1n) is 9.85. The van der Waals surface area contributed by atoms with Crippen molar-refractivity contribution in [1.82, 2.24) is 4.57 Å². The molecule has 0 spiro atoms. The fraction of sp³-hybridized carbons (Fsp3) is 0.0769. The Morgan fingerprint density at radius 2 is 1.90 bits per heavy atom. The Hall–Kier alpha value is -3.62. The lowest BCUT2D eigenvalue weighted by atomic mass is 10.1. The predicted molar refractivity (Wildman–Crippen MR) is 129 cm³/mol. The second-order valence-electron chi connectivity index (χ2n) is 7.35. The van der Waals surface area contributed by atoms with Gasteiger partial charge in [0.05, 0.1) is 0 Å². The normalized spacial score (nSPS) is 11.3. The van der Waals surface area contributed by atoms with E-state index in [4.69, 9.17) is 0 Å². The van der Waals surface area contributed by atoms with Crippen molar-refractivity contribution >= 4 is 44.5 Å². The van der Waals surface area contributed by atoms with Gasteiger partial charge in [0, 0.05) is 39.4 Å². The van der Waals surface area contributed by atoms with Crippen LogP contribution in [0.15, 0.2) is 89.0 Å². The van der Waals surface area contributed by atoms with Crippen LogP contribution in [0.2, 0.25) is 0 Å². The Balaban J connectivity index is 1.68. The Morgan fingerprint density at radius 3 is 2.68 bits per heavy atom. The van der Waals surface area contributed by atoms with E-state index in [0.29, 0.717) is 12.2 Å². The van der Waals surface area contributed by atoms with Crippen molar-refractivity contribution in [2.75, 3.05) is 5.32 Å². The van der Waals surface area contributed by atoms with Crippen molar-refractivity contribution in [2.45, 2.75) is 13.5 Å². The summed E-state index contributed by atoms with van der Waals surface area (Å²) in [5.74, 6) is -0.434. The summed E-state index contributed by atoms with van der Waals surface area (Å²) < 4.78 is 3.00. The zero-order valence-corrected chi connectivity index (χ0v) is 18.6. The van der Waals surface area contributed by atoms with Crippen LogP contribution in [0.25, 0.3) is 17.0 Å². The van der Waals surface area contributed by atoms with Crippen molar-refractivity contribution in [3.05, 3.63) is 106 Å². The predicted octanol–water partition coefficient (Wildman–Crippen LogP) is 6.31. The van der Waals surface area contributed by atoms with Gasteiger partial charge < -0.3 is 9.88 Å². The lowest BCUT2D eigenvalue weighted by Crippen LogP contribution is -2.13. The molecule has 1 aromatic heterocycles. The molecule has 3 aromatic carbocycles. The maximum absolute atomic E-state index is 12.7. The molecule has 0 aliphatic rings. The molecule has 0 saturated heterocycles. The van der Waals surface area contributed by atoms with Crippen LogP contribution in [0.3, 0.4) is 0 Å². The number of halogens is 1. The number of benzene rings is 3. The Bertz CT molecular complexity index is 1340. The maximum atomic E-state index is 12.7. The van der Waals surface area contributed by atoms with Crippen LogP contribution in [-0.4, -0.2) is 10.5 Å². The van der Waals surface area contributed by atoms with Gasteiger partial charge >= 0.3 is 0 Å². The monoisotopic (exact) mass is 469 g/mol. The molecule has 0 unspecified atom stereocenters. The molecule has 5 heteroatoms. The number of rotatable bonds is 5. The topological polar surface area (TPSA) is 57.8 Å². The van der Waals surface area contributed by atoms with Crippen molar-refractivity contribution in [3.63, 3.8) is 0 Å². The Morgan fingerprint density at radius 1 is 1.10 bits per heavy atom. The molecule has 4 nitrogen and oxygen atoms in total. The van der Waals surface area contributed by atoms with Gasteiger partial charge in [0.1, 0.15) is 11.6 Å². The van der Waals surface area contributed by atoms with Crippen molar-refractivity contribution < 1.29 is 4.79 Å². The van der Waals surface area contributed by atoms with Crippen LogP contribution in [0.4, 0.5) is 5.69 Å². The SMILES string of the molecule is Cc1cccc(Cn2cc(/C=C(/C#N)C(=O)Nc3cccc(Br)c3)c3ccccc32)c1. The number of hydrogen-bond donors (Lipinski definition) is 1. The zero-order chi connectivity index (χ0) is 21.8. The molecule has 0 atom stereocenters. The molecule has 1 heterocycles. The van der Waals surface area contributed by atoms with E-state index in [-0.39, 0.29) is 5.57 Å². The smallest absolute Gasteiger partial charge is 0.266 e. The zero-order valence-electron chi connectivity index (χ0n) is 17.0. The highest BCUT2D eigenvalue weighted by Crippen LogP contribution is 2.25. The van der Waals surface area contributed by atoms with Gasteiger partial charge in [-0.1, -0.05) is 70.0 Å². The van der Waals surface area contributed by atoms with Gasteiger partial charge in [0.15, 0.2) is 0 Å². The molecule has 31 heavy (non-hydrogen) atoms. The maximum Gasteiger partial charge on any atom is 0.266 e. The third-order valence-electron chi connectivity index (χ3n) is 5.00. The molecule has 4 aromatic rings. The average Bonchev–Trinajstić information content (AvgIpc) is 3.09. The molecule has 1 N–H and O–H groups in total. The van der Waals surface area contributed by atoms with Crippen LogP contribution >= 0.6 is 15.9 Å². The average molecular weight is 470 g/mol. The molecule has 4 rings (SSSR count). The fourth-order valence-corrected chi connectivity index (χ4v) is 4.00. The number of amides is 1. The second kappa shape index (κ2) is 9.03.